The Bertz CT molecular complexity index is 996. The number of hydrogen-bond acceptors (Lipinski definition) is 2. The highest BCUT2D eigenvalue weighted by Gasteiger charge is 2.26. The second-order valence-corrected chi connectivity index (χ2v) is 6.41. The molecule has 4 nitrogen and oxygen atoms in total. The summed E-state index contributed by atoms with van der Waals surface area (Å²) in [5.41, 5.74) is 5.06. The van der Waals surface area contributed by atoms with Crippen LogP contribution in [0.15, 0.2) is 72.8 Å². The highest BCUT2D eigenvalue weighted by molar-refractivity contribution is 6.06. The molecule has 0 bridgehead atoms. The minimum atomic E-state index is -0.205. The fourth-order valence-electron chi connectivity index (χ4n) is 3.17. The van der Waals surface area contributed by atoms with Crippen molar-refractivity contribution < 1.29 is 9.59 Å². The van der Waals surface area contributed by atoms with Crippen molar-refractivity contribution in [2.75, 3.05) is 10.6 Å². The molecular weight excluding hydrogens is 324 g/mol. The van der Waals surface area contributed by atoms with Crippen molar-refractivity contribution in [2.24, 2.45) is 0 Å². The molecule has 2 amide bonds. The Balaban J connectivity index is 1.57. The van der Waals surface area contributed by atoms with Crippen LogP contribution in [0.4, 0.5) is 11.4 Å². The summed E-state index contributed by atoms with van der Waals surface area (Å²) in [4.78, 5) is 24.4. The number of anilines is 2. The van der Waals surface area contributed by atoms with E-state index in [1.54, 1.807) is 12.1 Å². The molecule has 0 saturated heterocycles. The lowest BCUT2D eigenvalue weighted by molar-refractivity contribution is -0.116. The maximum Gasteiger partial charge on any atom is 0.255 e. The maximum absolute atomic E-state index is 12.6. The van der Waals surface area contributed by atoms with E-state index >= 15 is 0 Å². The van der Waals surface area contributed by atoms with Crippen LogP contribution in [0.25, 0.3) is 11.1 Å². The van der Waals surface area contributed by atoms with Crippen molar-refractivity contribution in [2.45, 2.75) is 12.8 Å². The van der Waals surface area contributed by atoms with Crippen LogP contribution in [-0.4, -0.2) is 11.8 Å². The van der Waals surface area contributed by atoms with Gasteiger partial charge in [-0.15, -0.1) is 0 Å². The molecule has 0 aromatic heterocycles. The second kappa shape index (κ2) is 6.48. The first-order valence-electron chi connectivity index (χ1n) is 8.53. The summed E-state index contributed by atoms with van der Waals surface area (Å²) in [6.07, 6.45) is 0. The molecule has 1 aliphatic rings. The van der Waals surface area contributed by atoms with Crippen molar-refractivity contribution in [3.05, 3.63) is 83.9 Å². The van der Waals surface area contributed by atoms with E-state index in [2.05, 4.69) is 10.6 Å². The Morgan fingerprint density at radius 3 is 2.50 bits per heavy atom. The number of amides is 2. The monoisotopic (exact) mass is 342 g/mol. The smallest absolute Gasteiger partial charge is 0.255 e. The van der Waals surface area contributed by atoms with Crippen LogP contribution in [0.1, 0.15) is 28.8 Å². The molecule has 1 aliphatic heterocycles. The third-order valence-electron chi connectivity index (χ3n) is 4.66. The van der Waals surface area contributed by atoms with E-state index in [4.69, 9.17) is 0 Å². The molecule has 1 heterocycles. The summed E-state index contributed by atoms with van der Waals surface area (Å²) in [7, 11) is 0. The average molecular weight is 342 g/mol. The molecule has 4 heteroatoms. The van der Waals surface area contributed by atoms with Gasteiger partial charge in [0.2, 0.25) is 5.91 Å². The summed E-state index contributed by atoms with van der Waals surface area (Å²) in [5.74, 6) is -0.394. The van der Waals surface area contributed by atoms with Crippen molar-refractivity contribution in [3.63, 3.8) is 0 Å². The molecule has 0 radical (unpaired) electrons. The Morgan fingerprint density at radius 1 is 0.923 bits per heavy atom. The molecule has 0 spiro atoms. The van der Waals surface area contributed by atoms with Crippen molar-refractivity contribution in [3.8, 4) is 11.1 Å². The predicted octanol–water partition coefficient (Wildman–Crippen LogP) is 4.66. The molecule has 1 unspecified atom stereocenters. The van der Waals surface area contributed by atoms with E-state index in [1.807, 2.05) is 67.6 Å². The largest absolute Gasteiger partial charge is 0.325 e. The van der Waals surface area contributed by atoms with Gasteiger partial charge in [-0.1, -0.05) is 42.5 Å². The van der Waals surface area contributed by atoms with E-state index in [-0.39, 0.29) is 17.7 Å². The van der Waals surface area contributed by atoms with Crippen LogP contribution >= 0.6 is 0 Å². The second-order valence-electron chi connectivity index (χ2n) is 6.41. The summed E-state index contributed by atoms with van der Waals surface area (Å²) in [5, 5.41) is 5.76. The zero-order chi connectivity index (χ0) is 18.1. The lowest BCUT2D eigenvalue weighted by atomic mass is 10.0. The van der Waals surface area contributed by atoms with E-state index < -0.39 is 0 Å². The SMILES string of the molecule is CC1C(=O)Nc2ccc(NC(=O)c3cccc(-c4ccccc4)c3)cc21. The van der Waals surface area contributed by atoms with Crippen molar-refractivity contribution >= 4 is 23.2 Å². The first-order chi connectivity index (χ1) is 12.6. The first kappa shape index (κ1) is 16.1. The van der Waals surface area contributed by atoms with Gasteiger partial charge < -0.3 is 10.6 Å². The molecule has 0 fully saturated rings. The minimum absolute atomic E-state index is 0.0148. The summed E-state index contributed by atoms with van der Waals surface area (Å²) < 4.78 is 0. The lowest BCUT2D eigenvalue weighted by Gasteiger charge is -2.09. The standard InChI is InChI=1S/C22H18N2O2/c1-14-19-13-18(10-11-20(19)24-21(14)25)23-22(26)17-9-5-8-16(12-17)15-6-3-2-4-7-15/h2-14H,1H3,(H,23,26)(H,24,25). The molecule has 4 rings (SSSR count). The topological polar surface area (TPSA) is 58.2 Å². The Hall–Kier alpha value is -3.40. The third-order valence-corrected chi connectivity index (χ3v) is 4.66. The maximum atomic E-state index is 12.6. The van der Waals surface area contributed by atoms with Gasteiger partial charge in [0, 0.05) is 16.9 Å². The third kappa shape index (κ3) is 2.97. The van der Waals surface area contributed by atoms with E-state index in [0.717, 1.165) is 22.4 Å². The molecule has 0 saturated carbocycles. The Morgan fingerprint density at radius 2 is 1.69 bits per heavy atom. The van der Waals surface area contributed by atoms with E-state index in [9.17, 15) is 9.59 Å². The molecule has 26 heavy (non-hydrogen) atoms. The van der Waals surface area contributed by atoms with Crippen molar-refractivity contribution in [1.29, 1.82) is 0 Å². The van der Waals surface area contributed by atoms with Crippen LogP contribution < -0.4 is 10.6 Å². The van der Waals surface area contributed by atoms with Crippen LogP contribution in [-0.2, 0) is 4.79 Å². The molecule has 128 valence electrons. The predicted molar refractivity (Wildman–Crippen MR) is 103 cm³/mol. The summed E-state index contributed by atoms with van der Waals surface area (Å²) in [6.45, 7) is 1.86. The highest BCUT2D eigenvalue weighted by atomic mass is 16.2. The van der Waals surface area contributed by atoms with E-state index in [0.29, 0.717) is 11.3 Å². The van der Waals surface area contributed by atoms with Gasteiger partial charge in [0.1, 0.15) is 0 Å². The lowest BCUT2D eigenvalue weighted by Crippen LogP contribution is -2.12. The quantitative estimate of drug-likeness (QED) is 0.727. The fourth-order valence-corrected chi connectivity index (χ4v) is 3.17. The van der Waals surface area contributed by atoms with Gasteiger partial charge in [0.25, 0.3) is 5.91 Å². The first-order valence-corrected chi connectivity index (χ1v) is 8.53. The van der Waals surface area contributed by atoms with Gasteiger partial charge in [-0.25, -0.2) is 0 Å². The van der Waals surface area contributed by atoms with Gasteiger partial charge in [-0.05, 0) is 53.9 Å². The van der Waals surface area contributed by atoms with Crippen molar-refractivity contribution in [1.82, 2.24) is 0 Å². The van der Waals surface area contributed by atoms with Gasteiger partial charge in [0.15, 0.2) is 0 Å². The summed E-state index contributed by atoms with van der Waals surface area (Å²) in [6, 6.07) is 23.0. The molecular formula is C22H18N2O2. The van der Waals surface area contributed by atoms with Crippen LogP contribution in [0.2, 0.25) is 0 Å². The Kier molecular flexibility index (Phi) is 4.01. The minimum Gasteiger partial charge on any atom is -0.325 e. The number of carbonyl (C=O) groups excluding carboxylic acids is 2. The number of rotatable bonds is 3. The average Bonchev–Trinajstić information content (AvgIpc) is 2.96. The molecule has 0 aliphatic carbocycles. The Labute approximate surface area is 151 Å². The van der Waals surface area contributed by atoms with Crippen LogP contribution in [0.3, 0.4) is 0 Å². The molecule has 3 aromatic rings. The summed E-state index contributed by atoms with van der Waals surface area (Å²) >= 11 is 0. The number of carbonyl (C=O) groups is 2. The fraction of sp³-hybridized carbons (Fsp3) is 0.0909. The zero-order valence-electron chi connectivity index (χ0n) is 14.3. The number of nitrogens with one attached hydrogen (secondary N) is 2. The molecule has 3 aromatic carbocycles. The number of fused-ring (bicyclic) bond motifs is 1. The van der Waals surface area contributed by atoms with Gasteiger partial charge in [0.05, 0.1) is 5.92 Å². The van der Waals surface area contributed by atoms with Gasteiger partial charge >= 0.3 is 0 Å². The molecule has 1 atom stereocenters. The number of benzene rings is 3. The van der Waals surface area contributed by atoms with Gasteiger partial charge in [-0.3, -0.25) is 9.59 Å². The highest BCUT2D eigenvalue weighted by Crippen LogP contribution is 2.34. The molecule has 2 N–H and O–H groups in total. The normalized spacial score (nSPS) is 15.3. The van der Waals surface area contributed by atoms with Crippen LogP contribution in [0, 0.1) is 0 Å². The van der Waals surface area contributed by atoms with Crippen LogP contribution in [0.5, 0.6) is 0 Å². The van der Waals surface area contributed by atoms with Gasteiger partial charge in [-0.2, -0.15) is 0 Å². The number of hydrogen-bond donors (Lipinski definition) is 2. The zero-order valence-corrected chi connectivity index (χ0v) is 14.3. The van der Waals surface area contributed by atoms with E-state index in [1.165, 1.54) is 0 Å².